The first-order valence-corrected chi connectivity index (χ1v) is 7.67. The first-order valence-electron chi connectivity index (χ1n) is 6.91. The third kappa shape index (κ3) is 5.17. The quantitative estimate of drug-likeness (QED) is 0.258. The molecule has 142 valence electrons. The summed E-state index contributed by atoms with van der Waals surface area (Å²) >= 11 is 11.7. The average molecular weight is 411 g/mol. The highest BCUT2D eigenvalue weighted by molar-refractivity contribution is 6.53. The number of ether oxygens (including phenoxy) is 1. The van der Waals surface area contributed by atoms with Crippen molar-refractivity contribution >= 4 is 29.2 Å². The summed E-state index contributed by atoms with van der Waals surface area (Å²) in [5.74, 6) is -3.05. The van der Waals surface area contributed by atoms with Gasteiger partial charge in [-0.2, -0.15) is 26.3 Å². The van der Waals surface area contributed by atoms with Crippen molar-refractivity contribution in [2.75, 3.05) is 6.61 Å². The molecular weight excluding hydrogens is 397 g/mol. The average Bonchev–Trinajstić information content (AvgIpc) is 2.98. The van der Waals surface area contributed by atoms with E-state index in [1.807, 2.05) is 0 Å². The Balaban J connectivity index is 3.15. The number of carbonyl (C=O) groups is 1. The van der Waals surface area contributed by atoms with Crippen molar-refractivity contribution in [1.82, 2.24) is 0 Å². The lowest BCUT2D eigenvalue weighted by Crippen LogP contribution is -2.15. The number of carbonyl (C=O) groups excluding carboxylic acids is 1. The molecule has 10 heteroatoms. The predicted octanol–water partition coefficient (Wildman–Crippen LogP) is 5.52. The molecule has 1 aliphatic rings. The molecule has 0 spiro atoms. The molecule has 0 aromatic carbocycles. The molecule has 0 amide bonds. The molecule has 1 aliphatic carbocycles. The molecule has 0 aromatic rings. The zero-order valence-corrected chi connectivity index (χ0v) is 14.6. The smallest absolute Gasteiger partial charge is 0.416 e. The van der Waals surface area contributed by atoms with Gasteiger partial charge in [0.25, 0.3) is 0 Å². The molecule has 1 rings (SSSR count). The first kappa shape index (κ1) is 21.9. The lowest BCUT2D eigenvalue weighted by atomic mass is 10.0. The van der Waals surface area contributed by atoms with E-state index < -0.39 is 45.6 Å². The number of rotatable bonds is 5. The Morgan fingerprint density at radius 1 is 1.12 bits per heavy atom. The van der Waals surface area contributed by atoms with Gasteiger partial charge in [-0.25, -0.2) is 0 Å². The van der Waals surface area contributed by atoms with Crippen LogP contribution in [0.3, 0.4) is 0 Å². The summed E-state index contributed by atoms with van der Waals surface area (Å²) in [6.45, 7) is 5.40. The lowest BCUT2D eigenvalue weighted by Gasteiger charge is -2.12. The summed E-state index contributed by atoms with van der Waals surface area (Å²) in [6.07, 6.45) is -9.62. The Labute approximate surface area is 150 Å². The van der Waals surface area contributed by atoms with E-state index >= 15 is 0 Å². The second kappa shape index (κ2) is 7.23. The summed E-state index contributed by atoms with van der Waals surface area (Å²) in [7, 11) is 0. The van der Waals surface area contributed by atoms with Gasteiger partial charge in [0, 0.05) is 11.5 Å². The summed E-state index contributed by atoms with van der Waals surface area (Å²) in [4.78, 5) is 11.7. The molecule has 2 atom stereocenters. The lowest BCUT2D eigenvalue weighted by molar-refractivity contribution is -0.144. The van der Waals surface area contributed by atoms with E-state index in [0.29, 0.717) is 13.0 Å². The van der Waals surface area contributed by atoms with Gasteiger partial charge in [0.2, 0.25) is 0 Å². The fourth-order valence-electron chi connectivity index (χ4n) is 2.12. The number of halogens is 8. The molecule has 2 nitrogen and oxygen atoms in total. The Kier molecular flexibility index (Phi) is 6.33. The maximum Gasteiger partial charge on any atom is 0.416 e. The zero-order chi connectivity index (χ0) is 19.8. The van der Waals surface area contributed by atoms with Gasteiger partial charge in [0.15, 0.2) is 0 Å². The van der Waals surface area contributed by atoms with Crippen LogP contribution in [0.1, 0.15) is 13.8 Å². The van der Waals surface area contributed by atoms with E-state index in [1.54, 1.807) is 0 Å². The molecule has 0 radical (unpaired) electrons. The van der Waals surface area contributed by atoms with Crippen LogP contribution in [-0.2, 0) is 9.53 Å². The number of hydrogen-bond donors (Lipinski definition) is 0. The molecular formula is C15H14Cl2F6O2. The van der Waals surface area contributed by atoms with Crippen molar-refractivity contribution in [2.45, 2.75) is 30.5 Å². The number of allylic oxidation sites excluding steroid dienone is 5. The van der Waals surface area contributed by atoms with Gasteiger partial charge in [-0.3, -0.25) is 4.79 Å². The standard InChI is InChI=1S/C15H14Cl2F6O2/c1-4-25-12(24)11-10(13(11,16)17)7(2)5-9(15(21,22)23)6-8(3)14(18,19)20/h5-6,10-11H,2,4H2,1,3H3/b8-6+,9-5+/t10-,11+/m1/s1. The third-order valence-corrected chi connectivity index (χ3v) is 4.42. The van der Waals surface area contributed by atoms with E-state index in [0.717, 1.165) is 0 Å². The van der Waals surface area contributed by atoms with E-state index in [4.69, 9.17) is 27.9 Å². The van der Waals surface area contributed by atoms with Gasteiger partial charge in [0.1, 0.15) is 10.3 Å². The van der Waals surface area contributed by atoms with Crippen molar-refractivity contribution in [3.63, 3.8) is 0 Å². The summed E-state index contributed by atoms with van der Waals surface area (Å²) in [5.41, 5.74) is -3.34. The summed E-state index contributed by atoms with van der Waals surface area (Å²) in [6, 6.07) is 0. The maximum atomic E-state index is 13.0. The van der Waals surface area contributed by atoms with Gasteiger partial charge in [0.05, 0.1) is 12.2 Å². The third-order valence-electron chi connectivity index (χ3n) is 3.48. The highest BCUT2D eigenvalue weighted by atomic mass is 35.5. The molecule has 0 saturated heterocycles. The van der Waals surface area contributed by atoms with Gasteiger partial charge in [-0.1, -0.05) is 29.8 Å². The Morgan fingerprint density at radius 2 is 1.64 bits per heavy atom. The van der Waals surface area contributed by atoms with Gasteiger partial charge in [-0.15, -0.1) is 0 Å². The van der Waals surface area contributed by atoms with E-state index in [9.17, 15) is 31.1 Å². The normalized spacial score (nSPS) is 24.1. The fraction of sp³-hybridized carbons (Fsp3) is 0.533. The number of alkyl halides is 8. The van der Waals surface area contributed by atoms with E-state index in [2.05, 4.69) is 6.58 Å². The van der Waals surface area contributed by atoms with Crippen LogP contribution in [-0.4, -0.2) is 29.3 Å². The van der Waals surface area contributed by atoms with Crippen molar-refractivity contribution < 1.29 is 35.9 Å². The van der Waals surface area contributed by atoms with Gasteiger partial charge >= 0.3 is 18.3 Å². The number of esters is 1. The Bertz CT molecular complexity index is 616. The van der Waals surface area contributed by atoms with Crippen LogP contribution < -0.4 is 0 Å². The van der Waals surface area contributed by atoms with Crippen LogP contribution in [0.2, 0.25) is 0 Å². The SMILES string of the molecule is C=C(/C=C(\C=C(/C)C(F)(F)F)C(F)(F)F)[C@@H]1[C@@H](C(=O)OCC)C1(Cl)Cl. The molecule has 0 aliphatic heterocycles. The minimum Gasteiger partial charge on any atom is -0.466 e. The zero-order valence-electron chi connectivity index (χ0n) is 13.1. The van der Waals surface area contributed by atoms with Crippen LogP contribution in [0.5, 0.6) is 0 Å². The Hall–Kier alpha value is -1.15. The second-order valence-electron chi connectivity index (χ2n) is 5.38. The second-order valence-corrected chi connectivity index (χ2v) is 6.82. The highest BCUT2D eigenvalue weighted by Gasteiger charge is 2.68. The molecule has 1 fully saturated rings. The molecule has 0 N–H and O–H groups in total. The van der Waals surface area contributed by atoms with Crippen LogP contribution in [0, 0.1) is 11.8 Å². The molecule has 0 heterocycles. The van der Waals surface area contributed by atoms with Crippen LogP contribution in [0.15, 0.2) is 35.5 Å². The molecule has 0 unspecified atom stereocenters. The Morgan fingerprint density at radius 3 is 2.04 bits per heavy atom. The van der Waals surface area contributed by atoms with Crippen molar-refractivity contribution in [3.8, 4) is 0 Å². The van der Waals surface area contributed by atoms with Crippen LogP contribution in [0.25, 0.3) is 0 Å². The first-order chi connectivity index (χ1) is 11.1. The van der Waals surface area contributed by atoms with E-state index in [-0.39, 0.29) is 18.3 Å². The van der Waals surface area contributed by atoms with Crippen molar-refractivity contribution in [2.24, 2.45) is 11.8 Å². The van der Waals surface area contributed by atoms with Crippen molar-refractivity contribution in [3.05, 3.63) is 35.5 Å². The highest BCUT2D eigenvalue weighted by Crippen LogP contribution is 2.63. The topological polar surface area (TPSA) is 26.3 Å². The fourth-order valence-corrected chi connectivity index (χ4v) is 2.96. The minimum absolute atomic E-state index is 0.00947. The maximum absolute atomic E-state index is 13.0. The van der Waals surface area contributed by atoms with Crippen LogP contribution in [0.4, 0.5) is 26.3 Å². The van der Waals surface area contributed by atoms with Gasteiger partial charge < -0.3 is 4.74 Å². The summed E-state index contributed by atoms with van der Waals surface area (Å²) < 4.78 is 79.5. The van der Waals surface area contributed by atoms with E-state index in [1.165, 1.54) is 6.92 Å². The number of hydrogen-bond acceptors (Lipinski definition) is 2. The minimum atomic E-state index is -5.06. The predicted molar refractivity (Wildman–Crippen MR) is 81.1 cm³/mol. The van der Waals surface area contributed by atoms with Crippen molar-refractivity contribution in [1.29, 1.82) is 0 Å². The van der Waals surface area contributed by atoms with Crippen LogP contribution >= 0.6 is 23.2 Å². The van der Waals surface area contributed by atoms with Gasteiger partial charge in [-0.05, 0) is 31.6 Å². The molecule has 0 bridgehead atoms. The molecule has 0 aromatic heterocycles. The summed E-state index contributed by atoms with van der Waals surface area (Å²) in [5, 5.41) is 0. The largest absolute Gasteiger partial charge is 0.466 e. The molecule has 1 saturated carbocycles. The monoisotopic (exact) mass is 410 g/mol. The molecule has 25 heavy (non-hydrogen) atoms.